The Bertz CT molecular complexity index is 915. The number of carbonyl (C=O) groups is 1. The van der Waals surface area contributed by atoms with Crippen LogP contribution in [-0.4, -0.2) is 41.4 Å². The summed E-state index contributed by atoms with van der Waals surface area (Å²) >= 11 is 1.22. The zero-order chi connectivity index (χ0) is 29.7. The summed E-state index contributed by atoms with van der Waals surface area (Å²) in [4.78, 5) is 13.4. The quantitative estimate of drug-likeness (QED) is 0.125. The fourth-order valence-corrected chi connectivity index (χ4v) is 5.24. The molecule has 218 valence electrons. The Kier molecular flexibility index (Phi) is 15.4. The fourth-order valence-electron chi connectivity index (χ4n) is 3.88. The van der Waals surface area contributed by atoms with Crippen molar-refractivity contribution >= 4 is 18.2 Å². The molecule has 0 spiro atoms. The van der Waals surface area contributed by atoms with E-state index in [1.165, 1.54) is 24.8 Å². The van der Waals surface area contributed by atoms with Crippen LogP contribution in [0.2, 0.25) is 0 Å². The molecular weight excluding hydrogens is 531 g/mol. The highest BCUT2D eigenvalue weighted by molar-refractivity contribution is 8.04. The van der Waals surface area contributed by atoms with E-state index in [9.17, 15) is 31.1 Å². The lowest BCUT2D eigenvalue weighted by Crippen LogP contribution is -2.38. The maximum absolute atomic E-state index is 15.0. The van der Waals surface area contributed by atoms with E-state index in [2.05, 4.69) is 0 Å². The Hall–Kier alpha value is -1.97. The van der Waals surface area contributed by atoms with Gasteiger partial charge < -0.3 is 4.90 Å². The van der Waals surface area contributed by atoms with Gasteiger partial charge in [-0.05, 0) is 43.4 Å². The first-order valence-electron chi connectivity index (χ1n) is 12.8. The smallest absolute Gasteiger partial charge is 0.316 e. The van der Waals surface area contributed by atoms with E-state index in [-0.39, 0.29) is 37.4 Å². The van der Waals surface area contributed by atoms with Crippen LogP contribution in [0, 0.1) is 5.92 Å². The number of allylic oxidation sites excluding steroid dienone is 9. The number of carbonyl (C=O) groups excluding carboxylic acids is 1. The zero-order valence-corrected chi connectivity index (χ0v) is 24.0. The second kappa shape index (κ2) is 16.2. The molecule has 1 atom stereocenters. The average Bonchev–Trinajstić information content (AvgIpc) is 3.11. The normalized spacial score (nSPS) is 16.4. The van der Waals surface area contributed by atoms with Gasteiger partial charge >= 0.3 is 6.18 Å². The SMILES string of the molecule is CC.CC/C(=C(F)\C=C(/CC)C(F)(F)CF)N(C=O)CC(CC)C(C)(C)SC1=CC=CCC(C(F)(F)F)=C1. The first kappa shape index (κ1) is 36.0. The molecular formula is C28H40F7NOS. The van der Waals surface area contributed by atoms with Gasteiger partial charge in [0.2, 0.25) is 6.41 Å². The summed E-state index contributed by atoms with van der Waals surface area (Å²) in [6.45, 7) is 10.5. The van der Waals surface area contributed by atoms with Gasteiger partial charge in [-0.1, -0.05) is 67.0 Å². The molecule has 0 bridgehead atoms. The summed E-state index contributed by atoms with van der Waals surface area (Å²) in [6, 6.07) is 0. The number of rotatable bonds is 13. The van der Waals surface area contributed by atoms with Crippen molar-refractivity contribution < 1.29 is 35.5 Å². The summed E-state index contributed by atoms with van der Waals surface area (Å²) in [7, 11) is 0. The molecule has 1 unspecified atom stereocenters. The lowest BCUT2D eigenvalue weighted by Gasteiger charge is -2.37. The highest BCUT2D eigenvalue weighted by atomic mass is 32.2. The fraction of sp³-hybridized carbons (Fsp3) is 0.607. The molecule has 2 nitrogen and oxygen atoms in total. The number of hydrogen-bond acceptors (Lipinski definition) is 2. The molecule has 10 heteroatoms. The van der Waals surface area contributed by atoms with Crippen molar-refractivity contribution in [2.75, 3.05) is 13.2 Å². The van der Waals surface area contributed by atoms with Crippen molar-refractivity contribution in [2.45, 2.75) is 91.0 Å². The Morgan fingerprint density at radius 2 is 1.71 bits per heavy atom. The molecule has 1 amide bonds. The van der Waals surface area contributed by atoms with Gasteiger partial charge in [0, 0.05) is 27.3 Å². The topological polar surface area (TPSA) is 20.3 Å². The van der Waals surface area contributed by atoms with Gasteiger partial charge in [0.15, 0.2) is 6.67 Å². The van der Waals surface area contributed by atoms with Crippen LogP contribution in [0.4, 0.5) is 30.7 Å². The Labute approximate surface area is 226 Å². The molecule has 0 saturated heterocycles. The van der Waals surface area contributed by atoms with Gasteiger partial charge in [-0.2, -0.15) is 22.0 Å². The number of thioether (sulfide) groups is 1. The monoisotopic (exact) mass is 571 g/mol. The number of amides is 1. The molecule has 1 aliphatic carbocycles. The molecule has 0 N–H and O–H groups in total. The van der Waals surface area contributed by atoms with E-state index in [0.717, 1.165) is 11.0 Å². The molecule has 0 radical (unpaired) electrons. The molecule has 0 aromatic heterocycles. The Morgan fingerprint density at radius 1 is 1.11 bits per heavy atom. The molecule has 1 aliphatic rings. The second-order valence-corrected chi connectivity index (χ2v) is 10.7. The van der Waals surface area contributed by atoms with Crippen molar-refractivity contribution in [3.8, 4) is 0 Å². The van der Waals surface area contributed by atoms with Crippen LogP contribution < -0.4 is 0 Å². The summed E-state index contributed by atoms with van der Waals surface area (Å²) in [5.41, 5.74) is -1.51. The molecule has 38 heavy (non-hydrogen) atoms. The third-order valence-corrected chi connectivity index (χ3v) is 7.44. The number of hydrogen-bond donors (Lipinski definition) is 0. The van der Waals surface area contributed by atoms with Gasteiger partial charge in [-0.25, -0.2) is 8.78 Å². The molecule has 0 aromatic carbocycles. The molecule has 0 saturated carbocycles. The highest BCUT2D eigenvalue weighted by Gasteiger charge is 2.36. The minimum absolute atomic E-state index is 0.0108. The number of alkyl halides is 6. The van der Waals surface area contributed by atoms with Crippen molar-refractivity contribution in [1.29, 1.82) is 0 Å². The number of nitrogens with zero attached hydrogens (tertiary/aromatic N) is 1. The van der Waals surface area contributed by atoms with Crippen molar-refractivity contribution in [3.05, 3.63) is 58.0 Å². The van der Waals surface area contributed by atoms with Crippen LogP contribution in [0.1, 0.15) is 74.1 Å². The summed E-state index contributed by atoms with van der Waals surface area (Å²) in [5.74, 6) is -5.16. The van der Waals surface area contributed by atoms with Gasteiger partial charge in [-0.15, -0.1) is 11.8 Å². The van der Waals surface area contributed by atoms with Crippen molar-refractivity contribution in [1.82, 2.24) is 4.90 Å². The van der Waals surface area contributed by atoms with E-state index in [1.807, 2.05) is 34.6 Å². The van der Waals surface area contributed by atoms with Gasteiger partial charge in [0.25, 0.3) is 5.92 Å². The van der Waals surface area contributed by atoms with Crippen LogP contribution in [0.5, 0.6) is 0 Å². The largest absolute Gasteiger partial charge is 0.413 e. The van der Waals surface area contributed by atoms with Crippen LogP contribution in [0.15, 0.2) is 58.0 Å². The summed E-state index contributed by atoms with van der Waals surface area (Å²) in [6.07, 6.45) is 2.23. The van der Waals surface area contributed by atoms with Gasteiger partial charge in [0.1, 0.15) is 5.83 Å². The Balaban J connectivity index is 0.00000667. The zero-order valence-electron chi connectivity index (χ0n) is 23.2. The van der Waals surface area contributed by atoms with Gasteiger partial charge in [-0.3, -0.25) is 4.79 Å². The minimum atomic E-state index is -4.46. The van der Waals surface area contributed by atoms with Crippen LogP contribution in [0.3, 0.4) is 0 Å². The Morgan fingerprint density at radius 3 is 2.16 bits per heavy atom. The second-order valence-electron chi connectivity index (χ2n) is 8.95. The third kappa shape index (κ3) is 10.7. The maximum atomic E-state index is 15.0. The van der Waals surface area contributed by atoms with Crippen LogP contribution in [-0.2, 0) is 4.79 Å². The van der Waals surface area contributed by atoms with E-state index < -0.39 is 40.5 Å². The summed E-state index contributed by atoms with van der Waals surface area (Å²) < 4.78 is 94.6. The standard InChI is InChI=1S/C26H34F7NOS.C2H6/c1-6-18(25(29,30)16-27)14-22(28)23(8-3)34(17-35)15-19(7-2)24(4,5)36-21-12-10-9-11-20(13-21)26(31,32)33;1-2/h9-10,12-14,17,19H,6-8,11,15-16H2,1-5H3;1-2H3/b18-14+,23-22-;. The lowest BCUT2D eigenvalue weighted by atomic mass is 9.91. The molecule has 0 heterocycles. The number of halogens is 7. The summed E-state index contributed by atoms with van der Waals surface area (Å²) in [5, 5.41) is 0. The maximum Gasteiger partial charge on any atom is 0.413 e. The minimum Gasteiger partial charge on any atom is -0.316 e. The van der Waals surface area contributed by atoms with Gasteiger partial charge in [0.05, 0.1) is 5.70 Å². The first-order valence-corrected chi connectivity index (χ1v) is 13.6. The van der Waals surface area contributed by atoms with E-state index in [4.69, 9.17) is 0 Å². The van der Waals surface area contributed by atoms with Crippen molar-refractivity contribution in [3.63, 3.8) is 0 Å². The average molecular weight is 572 g/mol. The molecule has 0 aromatic rings. The molecule has 0 aliphatic heterocycles. The van der Waals surface area contributed by atoms with E-state index >= 15 is 4.39 Å². The van der Waals surface area contributed by atoms with Crippen LogP contribution >= 0.6 is 11.8 Å². The van der Waals surface area contributed by atoms with E-state index in [0.29, 0.717) is 23.8 Å². The predicted molar refractivity (Wildman–Crippen MR) is 143 cm³/mol. The molecule has 1 rings (SSSR count). The third-order valence-electron chi connectivity index (χ3n) is 6.09. The lowest BCUT2D eigenvalue weighted by molar-refractivity contribution is -0.117. The molecule has 0 fully saturated rings. The van der Waals surface area contributed by atoms with E-state index in [1.54, 1.807) is 19.1 Å². The first-order chi connectivity index (χ1) is 17.7. The predicted octanol–water partition coefficient (Wildman–Crippen LogP) is 9.87. The highest BCUT2D eigenvalue weighted by Crippen LogP contribution is 2.43. The van der Waals surface area contributed by atoms with Crippen molar-refractivity contribution in [2.24, 2.45) is 5.92 Å². The van der Waals surface area contributed by atoms with Crippen LogP contribution in [0.25, 0.3) is 0 Å².